The Kier molecular flexibility index (Phi) is 2.68. The summed E-state index contributed by atoms with van der Waals surface area (Å²) in [6.07, 6.45) is 0. The van der Waals surface area contributed by atoms with Gasteiger partial charge in [-0.05, 0) is 12.1 Å². The lowest BCUT2D eigenvalue weighted by atomic mass is 10.3. The molecule has 1 N–H and O–H groups in total. The molecule has 0 atom stereocenters. The summed E-state index contributed by atoms with van der Waals surface area (Å²) in [5, 5.41) is 9.13. The monoisotopic (exact) mass is 173 g/mol. The highest BCUT2D eigenvalue weighted by atomic mass is 35.5. The van der Waals surface area contributed by atoms with Crippen LogP contribution < -0.4 is 4.74 Å². The van der Waals surface area contributed by atoms with Crippen LogP contribution in [0.5, 0.6) is 5.75 Å². The van der Waals surface area contributed by atoms with Gasteiger partial charge in [-0.25, -0.2) is 4.98 Å². The Morgan fingerprint density at radius 1 is 1.64 bits per heavy atom. The quantitative estimate of drug-likeness (QED) is 0.685. The second kappa shape index (κ2) is 3.55. The number of pyridine rings is 1. The maximum atomic E-state index is 8.77. The number of nitrogens with zero attached hydrogens (tertiary/aromatic N) is 1. The topological polar surface area (TPSA) is 42.4 Å². The molecule has 11 heavy (non-hydrogen) atoms. The number of methoxy groups -OCH3 is 1. The number of halogens is 1. The molecule has 0 radical (unpaired) electrons. The van der Waals surface area contributed by atoms with Crippen molar-refractivity contribution in [2.24, 2.45) is 0 Å². The molecule has 1 heterocycles. The fraction of sp³-hybridized carbons (Fsp3) is 0.286. The minimum Gasteiger partial charge on any atom is -0.495 e. The van der Waals surface area contributed by atoms with Gasteiger partial charge in [-0.15, -0.1) is 0 Å². The highest BCUT2D eigenvalue weighted by Gasteiger charge is 2.02. The standard InChI is InChI=1S/C7H8ClNO2/c1-11-6-2-3-7(8)9-5(6)4-10/h2-3,10H,4H2,1H3. The maximum absolute atomic E-state index is 8.77. The van der Waals surface area contributed by atoms with Gasteiger partial charge in [0.15, 0.2) is 0 Å². The highest BCUT2D eigenvalue weighted by Crippen LogP contribution is 2.18. The minimum absolute atomic E-state index is 0.163. The second-order valence-corrected chi connectivity index (χ2v) is 2.33. The molecule has 0 spiro atoms. The lowest BCUT2D eigenvalue weighted by Crippen LogP contribution is -1.94. The fourth-order valence-corrected chi connectivity index (χ4v) is 0.926. The van der Waals surface area contributed by atoms with Gasteiger partial charge < -0.3 is 9.84 Å². The van der Waals surface area contributed by atoms with Crippen LogP contribution in [0.15, 0.2) is 12.1 Å². The number of aromatic nitrogens is 1. The Labute approximate surface area is 69.6 Å². The molecule has 1 aromatic heterocycles. The van der Waals surface area contributed by atoms with Crippen LogP contribution in [0.2, 0.25) is 5.15 Å². The molecule has 0 aromatic carbocycles. The van der Waals surface area contributed by atoms with E-state index in [1.165, 1.54) is 7.11 Å². The smallest absolute Gasteiger partial charge is 0.142 e. The number of hydrogen-bond acceptors (Lipinski definition) is 3. The molecule has 0 fully saturated rings. The van der Waals surface area contributed by atoms with Crippen molar-refractivity contribution < 1.29 is 9.84 Å². The lowest BCUT2D eigenvalue weighted by molar-refractivity contribution is 0.268. The van der Waals surface area contributed by atoms with Crippen LogP contribution in [0.25, 0.3) is 0 Å². The number of ether oxygens (including phenoxy) is 1. The summed E-state index contributed by atoms with van der Waals surface area (Å²) >= 11 is 5.57. The predicted octanol–water partition coefficient (Wildman–Crippen LogP) is 1.24. The molecule has 3 nitrogen and oxygen atoms in total. The zero-order valence-electron chi connectivity index (χ0n) is 6.04. The van der Waals surface area contributed by atoms with E-state index in [2.05, 4.69) is 4.98 Å². The first-order valence-electron chi connectivity index (χ1n) is 3.08. The molecule has 0 amide bonds. The minimum atomic E-state index is -0.163. The van der Waals surface area contributed by atoms with Crippen LogP contribution >= 0.6 is 11.6 Å². The lowest BCUT2D eigenvalue weighted by Gasteiger charge is -2.03. The Hall–Kier alpha value is -0.800. The molecule has 0 saturated carbocycles. The van der Waals surface area contributed by atoms with Crippen molar-refractivity contribution in [3.63, 3.8) is 0 Å². The van der Waals surface area contributed by atoms with Gasteiger partial charge in [-0.3, -0.25) is 0 Å². The Morgan fingerprint density at radius 3 is 2.91 bits per heavy atom. The van der Waals surface area contributed by atoms with Crippen molar-refractivity contribution in [2.75, 3.05) is 7.11 Å². The van der Waals surface area contributed by atoms with E-state index in [1.54, 1.807) is 12.1 Å². The molecule has 0 aliphatic rings. The van der Waals surface area contributed by atoms with Gasteiger partial charge in [0.1, 0.15) is 16.6 Å². The largest absolute Gasteiger partial charge is 0.495 e. The first-order valence-corrected chi connectivity index (χ1v) is 3.46. The summed E-state index contributed by atoms with van der Waals surface area (Å²) in [6.45, 7) is -0.163. The van der Waals surface area contributed by atoms with Crippen LogP contribution in [0.1, 0.15) is 5.69 Å². The Morgan fingerprint density at radius 2 is 2.36 bits per heavy atom. The van der Waals surface area contributed by atoms with Crippen LogP contribution in [-0.4, -0.2) is 17.2 Å². The summed E-state index contributed by atoms with van der Waals surface area (Å²) in [5.41, 5.74) is 0.458. The molecule has 0 aliphatic heterocycles. The van der Waals surface area contributed by atoms with E-state index < -0.39 is 0 Å². The van der Waals surface area contributed by atoms with E-state index in [9.17, 15) is 0 Å². The van der Waals surface area contributed by atoms with Crippen molar-refractivity contribution in [2.45, 2.75) is 6.61 Å². The van der Waals surface area contributed by atoms with E-state index >= 15 is 0 Å². The van der Waals surface area contributed by atoms with E-state index in [0.717, 1.165) is 0 Å². The third-order valence-corrected chi connectivity index (χ3v) is 1.48. The van der Waals surface area contributed by atoms with Gasteiger partial charge >= 0.3 is 0 Å². The van der Waals surface area contributed by atoms with Crippen molar-refractivity contribution in [3.05, 3.63) is 23.0 Å². The first kappa shape index (κ1) is 8.30. The summed E-state index contributed by atoms with van der Waals surface area (Å²) < 4.78 is 4.91. The molecule has 0 unspecified atom stereocenters. The maximum Gasteiger partial charge on any atom is 0.142 e. The van der Waals surface area contributed by atoms with Crippen LogP contribution in [-0.2, 0) is 6.61 Å². The molecule has 1 aromatic rings. The van der Waals surface area contributed by atoms with E-state index in [-0.39, 0.29) is 6.61 Å². The predicted molar refractivity (Wildman–Crippen MR) is 41.7 cm³/mol. The van der Waals surface area contributed by atoms with Crippen molar-refractivity contribution in [3.8, 4) is 5.75 Å². The van der Waals surface area contributed by atoms with Gasteiger partial charge in [0.05, 0.1) is 13.7 Å². The molecule has 0 saturated heterocycles. The third kappa shape index (κ3) is 1.82. The Bertz CT molecular complexity index is 252. The van der Waals surface area contributed by atoms with Gasteiger partial charge in [0, 0.05) is 0 Å². The number of aliphatic hydroxyl groups excluding tert-OH is 1. The fourth-order valence-electron chi connectivity index (χ4n) is 0.761. The molecule has 1 rings (SSSR count). The summed E-state index contributed by atoms with van der Waals surface area (Å²) in [6, 6.07) is 3.28. The SMILES string of the molecule is COc1ccc(Cl)nc1CO. The zero-order chi connectivity index (χ0) is 8.27. The van der Waals surface area contributed by atoms with Crippen molar-refractivity contribution in [1.29, 1.82) is 0 Å². The zero-order valence-corrected chi connectivity index (χ0v) is 6.80. The highest BCUT2D eigenvalue weighted by molar-refractivity contribution is 6.29. The molecule has 4 heteroatoms. The third-order valence-electron chi connectivity index (χ3n) is 1.27. The van der Waals surface area contributed by atoms with Gasteiger partial charge in [-0.2, -0.15) is 0 Å². The molecular weight excluding hydrogens is 166 g/mol. The average molecular weight is 174 g/mol. The molecule has 0 bridgehead atoms. The van der Waals surface area contributed by atoms with E-state index in [4.69, 9.17) is 21.4 Å². The molecule has 0 aliphatic carbocycles. The second-order valence-electron chi connectivity index (χ2n) is 1.94. The summed E-state index contributed by atoms with van der Waals surface area (Å²) in [5.74, 6) is 0.553. The number of aliphatic hydroxyl groups is 1. The number of rotatable bonds is 2. The first-order chi connectivity index (χ1) is 5.27. The summed E-state index contributed by atoms with van der Waals surface area (Å²) in [4.78, 5) is 3.85. The van der Waals surface area contributed by atoms with Crippen molar-refractivity contribution in [1.82, 2.24) is 4.98 Å². The van der Waals surface area contributed by atoms with E-state index in [1.807, 2.05) is 0 Å². The number of hydrogen-bond donors (Lipinski definition) is 1. The van der Waals surface area contributed by atoms with E-state index in [0.29, 0.717) is 16.6 Å². The molecule has 60 valence electrons. The normalized spacial score (nSPS) is 9.73. The van der Waals surface area contributed by atoms with Crippen LogP contribution in [0.4, 0.5) is 0 Å². The Balaban J connectivity index is 3.06. The summed E-state index contributed by atoms with van der Waals surface area (Å²) in [7, 11) is 1.52. The van der Waals surface area contributed by atoms with Gasteiger partial charge in [0.25, 0.3) is 0 Å². The van der Waals surface area contributed by atoms with Gasteiger partial charge in [-0.1, -0.05) is 11.6 Å². The van der Waals surface area contributed by atoms with Crippen LogP contribution in [0.3, 0.4) is 0 Å². The van der Waals surface area contributed by atoms with Gasteiger partial charge in [0.2, 0.25) is 0 Å². The average Bonchev–Trinajstić information content (AvgIpc) is 2.04. The van der Waals surface area contributed by atoms with Crippen LogP contribution in [0, 0.1) is 0 Å². The van der Waals surface area contributed by atoms with Crippen molar-refractivity contribution >= 4 is 11.6 Å². The molecular formula is C7H8ClNO2.